The maximum absolute atomic E-state index is 5.49. The van der Waals surface area contributed by atoms with Gasteiger partial charge in [0.15, 0.2) is 0 Å². The molecule has 3 heteroatoms. The highest BCUT2D eigenvalue weighted by Crippen LogP contribution is 2.10. The van der Waals surface area contributed by atoms with Gasteiger partial charge in [0.25, 0.3) is 0 Å². The fourth-order valence-electron chi connectivity index (χ4n) is 0.961. The van der Waals surface area contributed by atoms with E-state index in [1.54, 1.807) is 6.20 Å². The average molecular weight is 165 g/mol. The molecule has 1 unspecified atom stereocenters. The van der Waals surface area contributed by atoms with E-state index < -0.39 is 0 Å². The molecular formula is C9H15N3. The van der Waals surface area contributed by atoms with E-state index in [-0.39, 0.29) is 0 Å². The zero-order valence-electron chi connectivity index (χ0n) is 7.54. The van der Waals surface area contributed by atoms with E-state index in [2.05, 4.69) is 10.3 Å². The Morgan fingerprint density at radius 3 is 3.00 bits per heavy atom. The summed E-state index contributed by atoms with van der Waals surface area (Å²) < 4.78 is 0. The molecule has 0 radical (unpaired) electrons. The van der Waals surface area contributed by atoms with E-state index in [0.29, 0.717) is 12.6 Å². The van der Waals surface area contributed by atoms with Crippen molar-refractivity contribution < 1.29 is 0 Å². The molecule has 3 N–H and O–H groups in total. The maximum Gasteiger partial charge on any atom is 0.0603 e. The Hall–Kier alpha value is -1.09. The summed E-state index contributed by atoms with van der Waals surface area (Å²) in [5, 5.41) is 3.27. The van der Waals surface area contributed by atoms with E-state index in [1.807, 2.05) is 26.0 Å². The van der Waals surface area contributed by atoms with Crippen LogP contribution >= 0.6 is 0 Å². The van der Waals surface area contributed by atoms with Crippen LogP contribution in [0, 0.1) is 6.92 Å². The second-order valence-electron chi connectivity index (χ2n) is 2.92. The van der Waals surface area contributed by atoms with Gasteiger partial charge in [0.1, 0.15) is 0 Å². The van der Waals surface area contributed by atoms with Gasteiger partial charge in [-0.05, 0) is 26.0 Å². The predicted molar refractivity (Wildman–Crippen MR) is 51.1 cm³/mol. The summed E-state index contributed by atoms with van der Waals surface area (Å²) in [5.41, 5.74) is 7.56. The Kier molecular flexibility index (Phi) is 3.05. The summed E-state index contributed by atoms with van der Waals surface area (Å²) in [6, 6.07) is 4.22. The third-order valence-corrected chi connectivity index (χ3v) is 1.76. The number of nitrogens with two attached hydrogens (primary N) is 1. The third kappa shape index (κ3) is 2.20. The number of aromatic nitrogens is 1. The van der Waals surface area contributed by atoms with Crippen LogP contribution in [0.4, 0.5) is 5.69 Å². The highest BCUT2D eigenvalue weighted by atomic mass is 14.9. The molecule has 0 spiro atoms. The molecule has 0 saturated carbocycles. The standard InChI is InChI=1S/C9H15N3/c1-7(6-10)12-9-4-3-5-11-8(9)2/h3-5,7,12H,6,10H2,1-2H3. The maximum atomic E-state index is 5.49. The molecule has 1 atom stereocenters. The zero-order chi connectivity index (χ0) is 8.97. The van der Waals surface area contributed by atoms with Crippen LogP contribution in [0.25, 0.3) is 0 Å². The van der Waals surface area contributed by atoms with Gasteiger partial charge in [-0.25, -0.2) is 0 Å². The Morgan fingerprint density at radius 1 is 1.67 bits per heavy atom. The number of hydrogen-bond donors (Lipinski definition) is 2. The average Bonchev–Trinajstić information content (AvgIpc) is 2.09. The van der Waals surface area contributed by atoms with Gasteiger partial charge in [-0.3, -0.25) is 4.98 Å². The third-order valence-electron chi connectivity index (χ3n) is 1.76. The number of hydrogen-bond acceptors (Lipinski definition) is 3. The Balaban J connectivity index is 2.69. The van der Waals surface area contributed by atoms with Gasteiger partial charge in [-0.15, -0.1) is 0 Å². The molecule has 0 bridgehead atoms. The van der Waals surface area contributed by atoms with Crippen LogP contribution in [-0.2, 0) is 0 Å². The molecule has 1 heterocycles. The van der Waals surface area contributed by atoms with Gasteiger partial charge in [0.2, 0.25) is 0 Å². The summed E-state index contributed by atoms with van der Waals surface area (Å²) >= 11 is 0. The van der Waals surface area contributed by atoms with Crippen molar-refractivity contribution in [3.8, 4) is 0 Å². The Morgan fingerprint density at radius 2 is 2.42 bits per heavy atom. The van der Waals surface area contributed by atoms with Crippen LogP contribution in [0.15, 0.2) is 18.3 Å². The predicted octanol–water partition coefficient (Wildman–Crippen LogP) is 1.15. The van der Waals surface area contributed by atoms with Crippen LogP contribution in [0.1, 0.15) is 12.6 Å². The topological polar surface area (TPSA) is 50.9 Å². The number of aryl methyl sites for hydroxylation is 1. The van der Waals surface area contributed by atoms with Crippen molar-refractivity contribution in [1.82, 2.24) is 4.98 Å². The largest absolute Gasteiger partial charge is 0.380 e. The van der Waals surface area contributed by atoms with Crippen molar-refractivity contribution in [2.75, 3.05) is 11.9 Å². The first-order valence-corrected chi connectivity index (χ1v) is 4.12. The summed E-state index contributed by atoms with van der Waals surface area (Å²) in [6.45, 7) is 4.66. The van der Waals surface area contributed by atoms with Gasteiger partial charge >= 0.3 is 0 Å². The number of nitrogens with zero attached hydrogens (tertiary/aromatic N) is 1. The summed E-state index contributed by atoms with van der Waals surface area (Å²) in [5.74, 6) is 0. The van der Waals surface area contributed by atoms with Gasteiger partial charge in [-0.2, -0.15) is 0 Å². The molecule has 0 fully saturated rings. The molecule has 1 rings (SSSR count). The number of nitrogens with one attached hydrogen (secondary N) is 1. The van der Waals surface area contributed by atoms with E-state index in [0.717, 1.165) is 11.4 Å². The lowest BCUT2D eigenvalue weighted by Crippen LogP contribution is -2.25. The molecule has 0 aliphatic carbocycles. The molecule has 0 aliphatic rings. The van der Waals surface area contributed by atoms with E-state index in [1.165, 1.54) is 0 Å². The monoisotopic (exact) mass is 165 g/mol. The fraction of sp³-hybridized carbons (Fsp3) is 0.444. The lowest BCUT2D eigenvalue weighted by Gasteiger charge is -2.13. The minimum Gasteiger partial charge on any atom is -0.380 e. The Bertz CT molecular complexity index is 247. The van der Waals surface area contributed by atoms with E-state index >= 15 is 0 Å². The van der Waals surface area contributed by atoms with Crippen LogP contribution in [0.3, 0.4) is 0 Å². The molecule has 0 aromatic carbocycles. The fourth-order valence-corrected chi connectivity index (χ4v) is 0.961. The molecule has 0 saturated heterocycles. The first-order valence-electron chi connectivity index (χ1n) is 4.12. The first kappa shape index (κ1) is 9.00. The summed E-state index contributed by atoms with van der Waals surface area (Å²) in [6.07, 6.45) is 1.79. The van der Waals surface area contributed by atoms with Crippen molar-refractivity contribution in [2.45, 2.75) is 19.9 Å². The minimum absolute atomic E-state index is 0.299. The number of anilines is 1. The number of rotatable bonds is 3. The van der Waals surface area contributed by atoms with E-state index in [9.17, 15) is 0 Å². The van der Waals surface area contributed by atoms with Crippen molar-refractivity contribution in [1.29, 1.82) is 0 Å². The normalized spacial score (nSPS) is 12.6. The molecule has 66 valence electrons. The van der Waals surface area contributed by atoms with E-state index in [4.69, 9.17) is 5.73 Å². The molecule has 3 nitrogen and oxygen atoms in total. The lowest BCUT2D eigenvalue weighted by atomic mass is 10.2. The van der Waals surface area contributed by atoms with Crippen molar-refractivity contribution in [2.24, 2.45) is 5.73 Å². The Labute approximate surface area is 73.0 Å². The first-order chi connectivity index (χ1) is 5.74. The van der Waals surface area contributed by atoms with Crippen LogP contribution in [-0.4, -0.2) is 17.6 Å². The number of pyridine rings is 1. The quantitative estimate of drug-likeness (QED) is 0.706. The summed E-state index contributed by atoms with van der Waals surface area (Å²) in [7, 11) is 0. The second kappa shape index (κ2) is 4.07. The SMILES string of the molecule is Cc1ncccc1NC(C)CN. The molecule has 0 aliphatic heterocycles. The molecule has 0 amide bonds. The minimum atomic E-state index is 0.299. The second-order valence-corrected chi connectivity index (χ2v) is 2.92. The molecule has 1 aromatic heterocycles. The highest BCUT2D eigenvalue weighted by molar-refractivity contribution is 5.47. The molecular weight excluding hydrogens is 150 g/mol. The van der Waals surface area contributed by atoms with Crippen molar-refractivity contribution in [3.05, 3.63) is 24.0 Å². The smallest absolute Gasteiger partial charge is 0.0603 e. The molecule has 1 aromatic rings. The lowest BCUT2D eigenvalue weighted by molar-refractivity contribution is 0.801. The van der Waals surface area contributed by atoms with Gasteiger partial charge in [0.05, 0.1) is 11.4 Å². The van der Waals surface area contributed by atoms with Crippen molar-refractivity contribution in [3.63, 3.8) is 0 Å². The van der Waals surface area contributed by atoms with Gasteiger partial charge in [0, 0.05) is 18.8 Å². The van der Waals surface area contributed by atoms with Crippen LogP contribution in [0.2, 0.25) is 0 Å². The molecule has 12 heavy (non-hydrogen) atoms. The zero-order valence-corrected chi connectivity index (χ0v) is 7.54. The summed E-state index contributed by atoms with van der Waals surface area (Å²) in [4.78, 5) is 4.16. The highest BCUT2D eigenvalue weighted by Gasteiger charge is 2.00. The van der Waals surface area contributed by atoms with Crippen LogP contribution < -0.4 is 11.1 Å². The van der Waals surface area contributed by atoms with Gasteiger partial charge < -0.3 is 11.1 Å². The van der Waals surface area contributed by atoms with Gasteiger partial charge in [-0.1, -0.05) is 0 Å². The van der Waals surface area contributed by atoms with Crippen LogP contribution in [0.5, 0.6) is 0 Å². The van der Waals surface area contributed by atoms with Crippen molar-refractivity contribution >= 4 is 5.69 Å².